The first-order chi connectivity index (χ1) is 13.5. The maximum atomic E-state index is 12.5. The molecule has 0 radical (unpaired) electrons. The van der Waals surface area contributed by atoms with Crippen LogP contribution in [-0.4, -0.2) is 29.1 Å². The highest BCUT2D eigenvalue weighted by Gasteiger charge is 2.25. The second kappa shape index (κ2) is 8.71. The number of amides is 2. The molecule has 0 aliphatic rings. The van der Waals surface area contributed by atoms with Crippen LogP contribution in [0.4, 0.5) is 0 Å². The molecule has 1 atom stereocenters. The Labute approximate surface area is 168 Å². The van der Waals surface area contributed by atoms with Crippen molar-refractivity contribution in [2.45, 2.75) is 19.9 Å². The van der Waals surface area contributed by atoms with Crippen LogP contribution in [0.2, 0.25) is 5.02 Å². The van der Waals surface area contributed by atoms with Gasteiger partial charge in [0.05, 0.1) is 16.8 Å². The monoisotopic (exact) mass is 396 g/mol. The minimum absolute atomic E-state index is 0.130. The Balaban J connectivity index is 1.68. The number of hydrogen-bond acceptors (Lipinski definition) is 3. The van der Waals surface area contributed by atoms with Gasteiger partial charge in [-0.3, -0.25) is 9.59 Å². The van der Waals surface area contributed by atoms with Gasteiger partial charge in [0.15, 0.2) is 0 Å². The van der Waals surface area contributed by atoms with Gasteiger partial charge in [-0.1, -0.05) is 55.8 Å². The van der Waals surface area contributed by atoms with E-state index in [1.54, 1.807) is 30.5 Å². The lowest BCUT2D eigenvalue weighted by molar-refractivity contribution is -0.123. The standard InChI is InChI=1S/C21H21ClN4O2/c1-13(2)19(25-20(27)16-8-3-5-9-17(16)22)21(28)26-24-12-14-11-23-18-10-6-4-7-15(14)18/h3-13,19,23H,1-2H3,(H,25,27)(H,26,28)/b24-12+. The first-order valence-corrected chi connectivity index (χ1v) is 9.29. The zero-order valence-electron chi connectivity index (χ0n) is 15.6. The fourth-order valence-electron chi connectivity index (χ4n) is 2.84. The lowest BCUT2D eigenvalue weighted by Gasteiger charge is -2.20. The summed E-state index contributed by atoms with van der Waals surface area (Å²) < 4.78 is 0. The summed E-state index contributed by atoms with van der Waals surface area (Å²) in [4.78, 5) is 28.2. The minimum Gasteiger partial charge on any atom is -0.361 e. The molecule has 0 spiro atoms. The molecule has 0 aliphatic carbocycles. The first kappa shape index (κ1) is 19.6. The number of rotatable bonds is 6. The first-order valence-electron chi connectivity index (χ1n) is 8.92. The third-order valence-corrected chi connectivity index (χ3v) is 4.68. The number of para-hydroxylation sites is 1. The van der Waals surface area contributed by atoms with E-state index in [1.807, 2.05) is 44.3 Å². The summed E-state index contributed by atoms with van der Waals surface area (Å²) in [5.41, 5.74) is 4.68. The third-order valence-electron chi connectivity index (χ3n) is 4.35. The van der Waals surface area contributed by atoms with Crippen molar-refractivity contribution in [3.8, 4) is 0 Å². The molecule has 3 N–H and O–H groups in total. The van der Waals surface area contributed by atoms with Crippen molar-refractivity contribution < 1.29 is 9.59 Å². The van der Waals surface area contributed by atoms with E-state index in [0.29, 0.717) is 10.6 Å². The van der Waals surface area contributed by atoms with Crippen LogP contribution in [0, 0.1) is 5.92 Å². The molecule has 2 amide bonds. The van der Waals surface area contributed by atoms with E-state index in [4.69, 9.17) is 11.6 Å². The zero-order valence-corrected chi connectivity index (χ0v) is 16.3. The summed E-state index contributed by atoms with van der Waals surface area (Å²) in [6.45, 7) is 3.70. The number of aromatic amines is 1. The summed E-state index contributed by atoms with van der Waals surface area (Å²) in [5.74, 6) is -0.929. The van der Waals surface area contributed by atoms with E-state index < -0.39 is 17.9 Å². The average Bonchev–Trinajstić information content (AvgIpc) is 3.09. The predicted molar refractivity (Wildman–Crippen MR) is 112 cm³/mol. The number of nitrogens with zero attached hydrogens (tertiary/aromatic N) is 1. The number of H-pyrrole nitrogens is 1. The number of aromatic nitrogens is 1. The number of nitrogens with one attached hydrogen (secondary N) is 3. The molecule has 7 heteroatoms. The molecular weight excluding hydrogens is 376 g/mol. The second-order valence-corrected chi connectivity index (χ2v) is 7.11. The topological polar surface area (TPSA) is 86.3 Å². The second-order valence-electron chi connectivity index (χ2n) is 6.70. The molecular formula is C21H21ClN4O2. The molecule has 28 heavy (non-hydrogen) atoms. The van der Waals surface area contributed by atoms with Crippen molar-refractivity contribution in [2.75, 3.05) is 0 Å². The van der Waals surface area contributed by atoms with Gasteiger partial charge in [-0.15, -0.1) is 0 Å². The summed E-state index contributed by atoms with van der Waals surface area (Å²) in [5, 5.41) is 8.11. The maximum Gasteiger partial charge on any atom is 0.262 e. The Bertz CT molecular complexity index is 1030. The van der Waals surface area contributed by atoms with Crippen molar-refractivity contribution >= 4 is 40.5 Å². The van der Waals surface area contributed by atoms with E-state index in [0.717, 1.165) is 16.5 Å². The van der Waals surface area contributed by atoms with Crippen molar-refractivity contribution in [1.82, 2.24) is 15.7 Å². The normalized spacial score (nSPS) is 12.4. The number of halogens is 1. The van der Waals surface area contributed by atoms with Gasteiger partial charge in [0.1, 0.15) is 6.04 Å². The van der Waals surface area contributed by atoms with E-state index in [-0.39, 0.29) is 5.92 Å². The van der Waals surface area contributed by atoms with Crippen LogP contribution in [0.3, 0.4) is 0 Å². The lowest BCUT2D eigenvalue weighted by atomic mass is 10.0. The molecule has 1 heterocycles. The van der Waals surface area contributed by atoms with Crippen molar-refractivity contribution in [2.24, 2.45) is 11.0 Å². The van der Waals surface area contributed by atoms with Crippen LogP contribution >= 0.6 is 11.6 Å². The Morgan fingerprint density at radius 2 is 1.82 bits per heavy atom. The van der Waals surface area contributed by atoms with Crippen LogP contribution in [0.25, 0.3) is 10.9 Å². The van der Waals surface area contributed by atoms with Gasteiger partial charge in [0.25, 0.3) is 11.8 Å². The van der Waals surface area contributed by atoms with Crippen LogP contribution in [-0.2, 0) is 4.79 Å². The van der Waals surface area contributed by atoms with Crippen LogP contribution in [0.5, 0.6) is 0 Å². The molecule has 2 aromatic carbocycles. The molecule has 0 saturated heterocycles. The molecule has 6 nitrogen and oxygen atoms in total. The third kappa shape index (κ3) is 4.40. The van der Waals surface area contributed by atoms with Gasteiger partial charge in [-0.25, -0.2) is 5.43 Å². The van der Waals surface area contributed by atoms with Gasteiger partial charge in [-0.05, 0) is 24.1 Å². The summed E-state index contributed by atoms with van der Waals surface area (Å²) in [7, 11) is 0. The highest BCUT2D eigenvalue weighted by atomic mass is 35.5. The number of hydrazone groups is 1. The summed E-state index contributed by atoms with van der Waals surface area (Å²) in [6.07, 6.45) is 3.39. The SMILES string of the molecule is CC(C)C(NC(=O)c1ccccc1Cl)C(=O)N/N=C/c1c[nH]c2ccccc12. The van der Waals surface area contributed by atoms with Crippen LogP contribution in [0.15, 0.2) is 59.8 Å². The fourth-order valence-corrected chi connectivity index (χ4v) is 3.06. The van der Waals surface area contributed by atoms with Crippen molar-refractivity contribution in [1.29, 1.82) is 0 Å². The van der Waals surface area contributed by atoms with E-state index in [1.165, 1.54) is 0 Å². The molecule has 0 saturated carbocycles. The predicted octanol–water partition coefficient (Wildman–Crippen LogP) is 3.73. The average molecular weight is 397 g/mol. The Hall–Kier alpha value is -3.12. The molecule has 144 valence electrons. The number of carbonyl (C=O) groups excluding carboxylic acids is 2. The molecule has 3 aromatic rings. The fraction of sp³-hybridized carbons (Fsp3) is 0.190. The van der Waals surface area contributed by atoms with Gasteiger partial charge in [-0.2, -0.15) is 5.10 Å². The number of fused-ring (bicyclic) bond motifs is 1. The van der Waals surface area contributed by atoms with Crippen LogP contribution in [0.1, 0.15) is 29.8 Å². The lowest BCUT2D eigenvalue weighted by Crippen LogP contribution is -2.48. The van der Waals surface area contributed by atoms with E-state index in [2.05, 4.69) is 20.8 Å². The Morgan fingerprint density at radius 1 is 1.11 bits per heavy atom. The van der Waals surface area contributed by atoms with Gasteiger partial charge in [0, 0.05) is 22.7 Å². The quantitative estimate of drug-likeness (QED) is 0.438. The molecule has 0 fully saturated rings. The Morgan fingerprint density at radius 3 is 2.57 bits per heavy atom. The highest BCUT2D eigenvalue weighted by Crippen LogP contribution is 2.16. The number of carbonyl (C=O) groups is 2. The Kier molecular flexibility index (Phi) is 6.11. The summed E-state index contributed by atoms with van der Waals surface area (Å²) in [6, 6.07) is 13.8. The van der Waals surface area contributed by atoms with Crippen molar-refractivity contribution in [3.63, 3.8) is 0 Å². The smallest absolute Gasteiger partial charge is 0.262 e. The van der Waals surface area contributed by atoms with Crippen LogP contribution < -0.4 is 10.7 Å². The summed E-state index contributed by atoms with van der Waals surface area (Å²) >= 11 is 6.06. The minimum atomic E-state index is -0.746. The molecule has 3 rings (SSSR count). The van der Waals surface area contributed by atoms with E-state index in [9.17, 15) is 9.59 Å². The van der Waals surface area contributed by atoms with Gasteiger partial charge < -0.3 is 10.3 Å². The van der Waals surface area contributed by atoms with E-state index >= 15 is 0 Å². The van der Waals surface area contributed by atoms with Crippen molar-refractivity contribution in [3.05, 3.63) is 70.9 Å². The van der Waals surface area contributed by atoms with Gasteiger partial charge >= 0.3 is 0 Å². The number of hydrogen-bond donors (Lipinski definition) is 3. The molecule has 1 unspecified atom stereocenters. The maximum absolute atomic E-state index is 12.5. The van der Waals surface area contributed by atoms with Gasteiger partial charge in [0.2, 0.25) is 0 Å². The number of benzene rings is 2. The molecule has 0 aliphatic heterocycles. The highest BCUT2D eigenvalue weighted by molar-refractivity contribution is 6.33. The zero-order chi connectivity index (χ0) is 20.1. The largest absolute Gasteiger partial charge is 0.361 e. The molecule has 0 bridgehead atoms. The molecule has 1 aromatic heterocycles.